The summed E-state index contributed by atoms with van der Waals surface area (Å²) < 4.78 is 41.3. The van der Waals surface area contributed by atoms with E-state index in [2.05, 4.69) is 20.4 Å². The first kappa shape index (κ1) is 19.0. The maximum atomic E-state index is 12.6. The molecule has 4 rings (SSSR count). The summed E-state index contributed by atoms with van der Waals surface area (Å²) in [7, 11) is 1.87. The van der Waals surface area contributed by atoms with E-state index in [-0.39, 0.29) is 11.4 Å². The number of halogens is 3. The molecular formula is C18H13F3N6OS. The number of aryl methyl sites for hydroxylation is 1. The molecule has 3 aromatic heterocycles. The Morgan fingerprint density at radius 2 is 1.90 bits per heavy atom. The molecule has 0 fully saturated rings. The molecule has 0 radical (unpaired) electrons. The Kier molecular flexibility index (Phi) is 4.74. The van der Waals surface area contributed by atoms with Crippen molar-refractivity contribution in [2.24, 2.45) is 7.05 Å². The second-order valence-electron chi connectivity index (χ2n) is 6.05. The van der Waals surface area contributed by atoms with Crippen LogP contribution in [0.4, 0.5) is 19.0 Å². The molecular weight excluding hydrogens is 405 g/mol. The lowest BCUT2D eigenvalue weighted by atomic mass is 10.1. The van der Waals surface area contributed by atoms with E-state index < -0.39 is 17.6 Å². The number of anilines is 1. The molecule has 0 unspecified atom stereocenters. The number of benzene rings is 1. The molecule has 3 heterocycles. The van der Waals surface area contributed by atoms with Crippen LogP contribution in [0, 0.1) is 0 Å². The maximum absolute atomic E-state index is 12.6. The molecule has 0 saturated carbocycles. The minimum Gasteiger partial charge on any atom is -0.329 e. The fourth-order valence-corrected chi connectivity index (χ4v) is 3.29. The first-order chi connectivity index (χ1) is 13.8. The predicted molar refractivity (Wildman–Crippen MR) is 99.7 cm³/mol. The number of carbonyl (C=O) groups excluding carboxylic acids is 1. The van der Waals surface area contributed by atoms with E-state index in [4.69, 9.17) is 0 Å². The summed E-state index contributed by atoms with van der Waals surface area (Å²) in [5, 5.41) is 8.44. The first-order valence-corrected chi connectivity index (χ1v) is 9.11. The lowest BCUT2D eigenvalue weighted by Crippen LogP contribution is -2.13. The van der Waals surface area contributed by atoms with Gasteiger partial charge in [-0.3, -0.25) is 4.79 Å². The van der Waals surface area contributed by atoms with Crippen LogP contribution in [0.25, 0.3) is 5.65 Å². The van der Waals surface area contributed by atoms with Crippen LogP contribution in [0.3, 0.4) is 0 Å². The highest BCUT2D eigenvalue weighted by Crippen LogP contribution is 2.29. The second kappa shape index (κ2) is 7.24. The van der Waals surface area contributed by atoms with Crippen molar-refractivity contribution in [2.75, 3.05) is 5.32 Å². The van der Waals surface area contributed by atoms with Crippen molar-refractivity contribution in [1.82, 2.24) is 24.1 Å². The average molecular weight is 418 g/mol. The zero-order valence-electron chi connectivity index (χ0n) is 14.9. The summed E-state index contributed by atoms with van der Waals surface area (Å²) in [5.41, 5.74) is -0.213. The number of rotatable bonds is 4. The van der Waals surface area contributed by atoms with E-state index >= 15 is 0 Å². The van der Waals surface area contributed by atoms with Crippen LogP contribution < -0.4 is 5.32 Å². The van der Waals surface area contributed by atoms with E-state index in [1.807, 2.05) is 17.8 Å². The average Bonchev–Trinajstić information content (AvgIpc) is 3.26. The zero-order valence-corrected chi connectivity index (χ0v) is 15.7. The topological polar surface area (TPSA) is 77.1 Å². The predicted octanol–water partition coefficient (Wildman–Crippen LogP) is 3.89. The summed E-state index contributed by atoms with van der Waals surface area (Å²) in [4.78, 5) is 20.8. The standard InChI is InChI=1S/C18H13F3N6OS/c1-26-9-8-22-17(26)29-15-7-6-14-23-13(10-27(14)25-15)24-16(28)11-2-4-12(5-3-11)18(19,20)21/h2-10H,1H3,(H,24,28). The van der Waals surface area contributed by atoms with Gasteiger partial charge in [0.2, 0.25) is 0 Å². The van der Waals surface area contributed by atoms with Crippen LogP contribution in [-0.4, -0.2) is 30.1 Å². The van der Waals surface area contributed by atoms with Crippen LogP contribution >= 0.6 is 11.8 Å². The highest BCUT2D eigenvalue weighted by atomic mass is 32.2. The lowest BCUT2D eigenvalue weighted by molar-refractivity contribution is -0.137. The smallest absolute Gasteiger partial charge is 0.329 e. The molecule has 1 amide bonds. The molecule has 0 saturated heterocycles. The van der Waals surface area contributed by atoms with Gasteiger partial charge in [0.05, 0.1) is 11.8 Å². The number of fused-ring (bicyclic) bond motifs is 1. The number of amides is 1. The van der Waals surface area contributed by atoms with Gasteiger partial charge in [0.1, 0.15) is 5.03 Å². The van der Waals surface area contributed by atoms with Crippen molar-refractivity contribution in [3.63, 3.8) is 0 Å². The number of aromatic nitrogens is 5. The third-order valence-corrected chi connectivity index (χ3v) is 4.99. The molecule has 1 N–H and O–H groups in total. The molecule has 148 valence electrons. The number of hydrogen-bond acceptors (Lipinski definition) is 5. The van der Waals surface area contributed by atoms with Crippen LogP contribution in [0.5, 0.6) is 0 Å². The number of hydrogen-bond donors (Lipinski definition) is 1. The molecule has 1 aromatic carbocycles. The summed E-state index contributed by atoms with van der Waals surface area (Å²) in [6.07, 6.45) is 0.590. The van der Waals surface area contributed by atoms with E-state index in [1.165, 1.54) is 22.5 Å². The van der Waals surface area contributed by atoms with Gasteiger partial charge in [0.25, 0.3) is 5.91 Å². The molecule has 0 bridgehead atoms. The quantitative estimate of drug-likeness (QED) is 0.544. The van der Waals surface area contributed by atoms with Gasteiger partial charge in [0, 0.05) is 25.0 Å². The third-order valence-electron chi connectivity index (χ3n) is 3.98. The monoisotopic (exact) mass is 418 g/mol. The number of nitrogens with zero attached hydrogens (tertiary/aromatic N) is 5. The highest BCUT2D eigenvalue weighted by molar-refractivity contribution is 7.99. The largest absolute Gasteiger partial charge is 0.416 e. The van der Waals surface area contributed by atoms with Crippen molar-refractivity contribution in [3.05, 3.63) is 66.1 Å². The zero-order chi connectivity index (χ0) is 20.6. The fraction of sp³-hybridized carbons (Fsp3) is 0.111. The minimum atomic E-state index is -4.45. The number of carbonyl (C=O) groups is 1. The number of imidazole rings is 2. The molecule has 7 nitrogen and oxygen atoms in total. The van der Waals surface area contributed by atoms with E-state index in [1.54, 1.807) is 18.3 Å². The molecule has 0 aliphatic rings. The Hall–Kier alpha value is -3.34. The van der Waals surface area contributed by atoms with Gasteiger partial charge in [-0.25, -0.2) is 14.5 Å². The van der Waals surface area contributed by atoms with Gasteiger partial charge in [-0.05, 0) is 48.2 Å². The Labute approximate surface area is 166 Å². The van der Waals surface area contributed by atoms with Gasteiger partial charge in [-0.2, -0.15) is 18.3 Å². The first-order valence-electron chi connectivity index (χ1n) is 8.30. The van der Waals surface area contributed by atoms with Gasteiger partial charge in [-0.15, -0.1) is 0 Å². The highest BCUT2D eigenvalue weighted by Gasteiger charge is 2.30. The van der Waals surface area contributed by atoms with Crippen molar-refractivity contribution < 1.29 is 18.0 Å². The maximum Gasteiger partial charge on any atom is 0.416 e. The number of alkyl halides is 3. The van der Waals surface area contributed by atoms with Gasteiger partial charge in [0.15, 0.2) is 16.6 Å². The minimum absolute atomic E-state index is 0.0917. The Bertz CT molecular complexity index is 1180. The summed E-state index contributed by atoms with van der Waals surface area (Å²) in [5.74, 6) is -0.328. The SMILES string of the molecule is Cn1ccnc1Sc1ccc2nc(NC(=O)c3ccc(C(F)(F)F)cc3)cn2n1. The van der Waals surface area contributed by atoms with Gasteiger partial charge < -0.3 is 9.88 Å². The third kappa shape index (κ3) is 4.09. The lowest BCUT2D eigenvalue weighted by Gasteiger charge is -2.07. The molecule has 0 aliphatic carbocycles. The molecule has 29 heavy (non-hydrogen) atoms. The van der Waals surface area contributed by atoms with Crippen molar-refractivity contribution in [1.29, 1.82) is 0 Å². The molecule has 0 aliphatic heterocycles. The van der Waals surface area contributed by atoms with Gasteiger partial charge >= 0.3 is 6.18 Å². The summed E-state index contributed by atoms with van der Waals surface area (Å²) >= 11 is 1.37. The number of nitrogens with one attached hydrogen (secondary N) is 1. The van der Waals surface area contributed by atoms with E-state index in [0.29, 0.717) is 10.7 Å². The van der Waals surface area contributed by atoms with Crippen LogP contribution in [0.2, 0.25) is 0 Å². The molecule has 4 aromatic rings. The van der Waals surface area contributed by atoms with E-state index in [0.717, 1.165) is 29.4 Å². The summed E-state index contributed by atoms with van der Waals surface area (Å²) in [6.45, 7) is 0. The van der Waals surface area contributed by atoms with Crippen molar-refractivity contribution in [2.45, 2.75) is 16.4 Å². The molecule has 0 atom stereocenters. The Morgan fingerprint density at radius 1 is 1.14 bits per heavy atom. The fourth-order valence-electron chi connectivity index (χ4n) is 2.52. The Morgan fingerprint density at radius 3 is 2.55 bits per heavy atom. The van der Waals surface area contributed by atoms with E-state index in [9.17, 15) is 18.0 Å². The van der Waals surface area contributed by atoms with Crippen LogP contribution in [0.1, 0.15) is 15.9 Å². The normalized spacial score (nSPS) is 11.7. The van der Waals surface area contributed by atoms with Gasteiger partial charge in [-0.1, -0.05) is 0 Å². The summed E-state index contributed by atoms with van der Waals surface area (Å²) in [6, 6.07) is 7.49. The van der Waals surface area contributed by atoms with Crippen molar-refractivity contribution in [3.8, 4) is 0 Å². The van der Waals surface area contributed by atoms with Crippen molar-refractivity contribution >= 4 is 29.1 Å². The van der Waals surface area contributed by atoms with Crippen LogP contribution in [0.15, 0.2) is 65.2 Å². The molecule has 11 heteroatoms. The molecule has 0 spiro atoms. The second-order valence-corrected chi connectivity index (χ2v) is 7.04. The van der Waals surface area contributed by atoms with Crippen LogP contribution in [-0.2, 0) is 13.2 Å². The Balaban J connectivity index is 1.50.